The number of methoxy groups -OCH3 is 1. The van der Waals surface area contributed by atoms with Crippen LogP contribution in [0.3, 0.4) is 0 Å². The predicted molar refractivity (Wildman–Crippen MR) is 98.6 cm³/mol. The average Bonchev–Trinajstić information content (AvgIpc) is 3.04. The molecule has 0 bridgehead atoms. The van der Waals surface area contributed by atoms with Gasteiger partial charge in [-0.25, -0.2) is 4.79 Å². The molecule has 1 atom stereocenters. The number of aromatic amines is 1. The van der Waals surface area contributed by atoms with Crippen LogP contribution in [0.2, 0.25) is 0 Å². The van der Waals surface area contributed by atoms with Gasteiger partial charge in [-0.05, 0) is 36.8 Å². The highest BCUT2D eigenvalue weighted by Gasteiger charge is 2.20. The van der Waals surface area contributed by atoms with Gasteiger partial charge in [-0.1, -0.05) is 18.2 Å². The Morgan fingerprint density at radius 3 is 2.65 bits per heavy atom. The minimum absolute atomic E-state index is 0.0998. The first-order chi connectivity index (χ1) is 12.5. The standard InChI is InChI=1S/C20H20N2O4/c1-12(23)13-7-8-18(19(10-13)25-2)26-20(24)16(21)9-14-11-22-17-6-4-3-5-15(14)17/h3-8,10-11,16,22H,9,21H2,1-2H3/t16-/m0/s1. The summed E-state index contributed by atoms with van der Waals surface area (Å²) in [5.74, 6) is -0.122. The first-order valence-electron chi connectivity index (χ1n) is 8.21. The van der Waals surface area contributed by atoms with Crippen LogP contribution >= 0.6 is 0 Å². The monoisotopic (exact) mass is 352 g/mol. The maximum absolute atomic E-state index is 12.4. The topological polar surface area (TPSA) is 94.4 Å². The van der Waals surface area contributed by atoms with Crippen molar-refractivity contribution in [3.63, 3.8) is 0 Å². The fourth-order valence-electron chi connectivity index (χ4n) is 2.78. The van der Waals surface area contributed by atoms with E-state index < -0.39 is 12.0 Å². The number of hydrogen-bond donors (Lipinski definition) is 2. The lowest BCUT2D eigenvalue weighted by Gasteiger charge is -2.13. The molecule has 3 rings (SSSR count). The van der Waals surface area contributed by atoms with Gasteiger partial charge in [0.25, 0.3) is 0 Å². The fourth-order valence-corrected chi connectivity index (χ4v) is 2.78. The Hall–Kier alpha value is -3.12. The number of hydrogen-bond acceptors (Lipinski definition) is 5. The fraction of sp³-hybridized carbons (Fsp3) is 0.200. The van der Waals surface area contributed by atoms with E-state index in [1.54, 1.807) is 6.07 Å². The van der Waals surface area contributed by atoms with Crippen LogP contribution < -0.4 is 15.2 Å². The molecule has 1 aromatic heterocycles. The molecule has 0 fully saturated rings. The van der Waals surface area contributed by atoms with Crippen molar-refractivity contribution < 1.29 is 19.1 Å². The van der Waals surface area contributed by atoms with E-state index >= 15 is 0 Å². The Morgan fingerprint density at radius 1 is 1.15 bits per heavy atom. The number of nitrogens with one attached hydrogen (secondary N) is 1. The zero-order valence-electron chi connectivity index (χ0n) is 14.6. The highest BCUT2D eigenvalue weighted by Crippen LogP contribution is 2.29. The summed E-state index contributed by atoms with van der Waals surface area (Å²) in [6, 6.07) is 11.6. The Kier molecular flexibility index (Phi) is 5.04. The molecule has 0 aliphatic heterocycles. The molecule has 1 heterocycles. The molecule has 26 heavy (non-hydrogen) atoms. The maximum Gasteiger partial charge on any atom is 0.328 e. The van der Waals surface area contributed by atoms with Crippen molar-refractivity contribution in [2.24, 2.45) is 5.73 Å². The smallest absolute Gasteiger partial charge is 0.328 e. The summed E-state index contributed by atoms with van der Waals surface area (Å²) in [5, 5.41) is 1.03. The minimum atomic E-state index is -0.827. The van der Waals surface area contributed by atoms with Crippen LogP contribution in [0.25, 0.3) is 10.9 Å². The van der Waals surface area contributed by atoms with Crippen LogP contribution in [0.15, 0.2) is 48.7 Å². The number of benzene rings is 2. The number of carbonyl (C=O) groups excluding carboxylic acids is 2. The van der Waals surface area contributed by atoms with Crippen molar-refractivity contribution in [3.8, 4) is 11.5 Å². The zero-order valence-corrected chi connectivity index (χ0v) is 14.6. The third-order valence-electron chi connectivity index (χ3n) is 4.20. The van der Waals surface area contributed by atoms with Gasteiger partial charge in [0.1, 0.15) is 6.04 Å². The number of fused-ring (bicyclic) bond motifs is 1. The number of H-pyrrole nitrogens is 1. The Labute approximate surface area is 150 Å². The highest BCUT2D eigenvalue weighted by atomic mass is 16.6. The van der Waals surface area contributed by atoms with E-state index in [-0.39, 0.29) is 11.5 Å². The molecule has 3 aromatic rings. The molecule has 0 amide bonds. The summed E-state index contributed by atoms with van der Waals surface area (Å²) >= 11 is 0. The zero-order chi connectivity index (χ0) is 18.7. The van der Waals surface area contributed by atoms with Crippen molar-refractivity contribution in [1.29, 1.82) is 0 Å². The molecular formula is C20H20N2O4. The highest BCUT2D eigenvalue weighted by molar-refractivity contribution is 5.95. The number of aromatic nitrogens is 1. The number of Topliss-reactive ketones (excluding diaryl/α,β-unsaturated/α-hetero) is 1. The SMILES string of the molecule is COc1cc(C(C)=O)ccc1OC(=O)[C@@H](N)Cc1c[nH]c2ccccc12. The second kappa shape index (κ2) is 7.41. The first-order valence-corrected chi connectivity index (χ1v) is 8.21. The molecule has 0 radical (unpaired) electrons. The van der Waals surface area contributed by atoms with Crippen molar-refractivity contribution >= 4 is 22.7 Å². The van der Waals surface area contributed by atoms with Crippen LogP contribution in [0, 0.1) is 0 Å². The first kappa shape index (κ1) is 17.7. The number of ether oxygens (including phenoxy) is 2. The molecule has 2 aromatic carbocycles. The third-order valence-corrected chi connectivity index (χ3v) is 4.20. The van der Waals surface area contributed by atoms with Crippen LogP contribution in [-0.4, -0.2) is 29.9 Å². The normalized spacial score (nSPS) is 12.0. The maximum atomic E-state index is 12.4. The van der Waals surface area contributed by atoms with E-state index in [0.29, 0.717) is 17.7 Å². The van der Waals surface area contributed by atoms with Gasteiger partial charge in [0.2, 0.25) is 0 Å². The van der Waals surface area contributed by atoms with E-state index in [1.807, 2.05) is 30.5 Å². The summed E-state index contributed by atoms with van der Waals surface area (Å²) in [7, 11) is 1.45. The van der Waals surface area contributed by atoms with Gasteiger partial charge in [0, 0.05) is 29.1 Å². The Bertz CT molecular complexity index is 961. The predicted octanol–water partition coefficient (Wildman–Crippen LogP) is 2.85. The average molecular weight is 352 g/mol. The summed E-state index contributed by atoms with van der Waals surface area (Å²) in [6.45, 7) is 1.46. The molecule has 0 aliphatic carbocycles. The van der Waals surface area contributed by atoms with Crippen LogP contribution in [-0.2, 0) is 11.2 Å². The van der Waals surface area contributed by atoms with Gasteiger partial charge in [0.05, 0.1) is 7.11 Å². The molecule has 0 saturated carbocycles. The van der Waals surface area contributed by atoms with Gasteiger partial charge >= 0.3 is 5.97 Å². The largest absolute Gasteiger partial charge is 0.493 e. The van der Waals surface area contributed by atoms with Crippen molar-refractivity contribution in [2.75, 3.05) is 7.11 Å². The summed E-state index contributed by atoms with van der Waals surface area (Å²) in [6.07, 6.45) is 2.19. The number of esters is 1. The summed E-state index contributed by atoms with van der Waals surface area (Å²) in [4.78, 5) is 27.0. The van der Waals surface area contributed by atoms with E-state index in [9.17, 15) is 9.59 Å². The van der Waals surface area contributed by atoms with Crippen molar-refractivity contribution in [3.05, 3.63) is 59.8 Å². The van der Waals surface area contributed by atoms with E-state index in [2.05, 4.69) is 4.98 Å². The van der Waals surface area contributed by atoms with E-state index in [1.165, 1.54) is 26.2 Å². The summed E-state index contributed by atoms with van der Waals surface area (Å²) in [5.41, 5.74) is 8.45. The molecule has 6 heteroatoms. The van der Waals surface area contributed by atoms with Crippen molar-refractivity contribution in [2.45, 2.75) is 19.4 Å². The number of carbonyl (C=O) groups is 2. The van der Waals surface area contributed by atoms with E-state index in [4.69, 9.17) is 15.2 Å². The lowest BCUT2D eigenvalue weighted by molar-refractivity contribution is -0.135. The number of ketones is 1. The van der Waals surface area contributed by atoms with Gasteiger partial charge in [0.15, 0.2) is 17.3 Å². The third kappa shape index (κ3) is 3.60. The Morgan fingerprint density at radius 2 is 1.92 bits per heavy atom. The number of rotatable bonds is 6. The molecule has 134 valence electrons. The second-order valence-corrected chi connectivity index (χ2v) is 6.01. The molecule has 0 aliphatic rings. The van der Waals surface area contributed by atoms with Crippen LogP contribution in [0.4, 0.5) is 0 Å². The van der Waals surface area contributed by atoms with Crippen LogP contribution in [0.5, 0.6) is 11.5 Å². The van der Waals surface area contributed by atoms with Crippen molar-refractivity contribution in [1.82, 2.24) is 4.98 Å². The van der Waals surface area contributed by atoms with Gasteiger partial charge in [-0.15, -0.1) is 0 Å². The lowest BCUT2D eigenvalue weighted by Crippen LogP contribution is -2.36. The van der Waals surface area contributed by atoms with E-state index in [0.717, 1.165) is 16.5 Å². The number of nitrogens with two attached hydrogens (primary N) is 1. The quantitative estimate of drug-likeness (QED) is 0.404. The number of para-hydroxylation sites is 1. The van der Waals surface area contributed by atoms with Gasteiger partial charge in [-0.3, -0.25) is 4.79 Å². The Balaban J connectivity index is 1.74. The molecule has 6 nitrogen and oxygen atoms in total. The summed E-state index contributed by atoms with van der Waals surface area (Å²) < 4.78 is 10.6. The molecule has 0 unspecified atom stereocenters. The molecular weight excluding hydrogens is 332 g/mol. The molecule has 0 spiro atoms. The van der Waals surface area contributed by atoms with Gasteiger partial charge < -0.3 is 20.2 Å². The molecule has 0 saturated heterocycles. The minimum Gasteiger partial charge on any atom is -0.493 e. The molecule has 3 N–H and O–H groups in total. The lowest BCUT2D eigenvalue weighted by atomic mass is 10.1. The van der Waals surface area contributed by atoms with Crippen LogP contribution in [0.1, 0.15) is 22.8 Å². The van der Waals surface area contributed by atoms with Gasteiger partial charge in [-0.2, -0.15) is 0 Å². The second-order valence-electron chi connectivity index (χ2n) is 6.01.